The summed E-state index contributed by atoms with van der Waals surface area (Å²) in [7, 11) is -3.28. The van der Waals surface area contributed by atoms with E-state index in [-0.39, 0.29) is 11.8 Å². The normalized spacial score (nSPS) is 18.4. The molecular weight excluding hydrogens is 350 g/mol. The molecule has 26 heavy (non-hydrogen) atoms. The highest BCUT2D eigenvalue weighted by molar-refractivity contribution is 7.90. The van der Waals surface area contributed by atoms with Gasteiger partial charge in [-0.3, -0.25) is 4.79 Å². The minimum atomic E-state index is -3.28. The molecule has 3 rings (SSSR count). The second-order valence-corrected chi connectivity index (χ2v) is 9.41. The van der Waals surface area contributed by atoms with Crippen LogP contribution in [-0.4, -0.2) is 49.1 Å². The van der Waals surface area contributed by atoms with Gasteiger partial charge in [0.25, 0.3) is 5.91 Å². The van der Waals surface area contributed by atoms with Gasteiger partial charge in [0.15, 0.2) is 0 Å². The fourth-order valence-electron chi connectivity index (χ4n) is 3.16. The Morgan fingerprint density at radius 2 is 2.04 bits per heavy atom. The monoisotopic (exact) mass is 375 g/mol. The topological polar surface area (TPSA) is 79.4 Å². The van der Waals surface area contributed by atoms with Gasteiger partial charge in [-0.15, -0.1) is 0 Å². The van der Waals surface area contributed by atoms with E-state index in [4.69, 9.17) is 0 Å². The Kier molecular flexibility index (Phi) is 5.58. The molecule has 0 aliphatic carbocycles. The molecule has 1 aromatic carbocycles. The SMILES string of the molecule is CC(C)S(=O)(=O)NCC1CCCN(C(=O)c2ccc3ccccc3n2)C1. The standard InChI is InChI=1S/C19H25N3O3S/c1-14(2)26(24,25)20-12-15-6-5-11-22(13-15)19(23)18-10-9-16-7-3-4-8-17(16)21-18/h3-4,7-10,14-15,20H,5-6,11-13H2,1-2H3. The van der Waals surface area contributed by atoms with E-state index in [9.17, 15) is 13.2 Å². The first-order valence-corrected chi connectivity index (χ1v) is 10.5. The van der Waals surface area contributed by atoms with E-state index in [2.05, 4.69) is 9.71 Å². The lowest BCUT2D eigenvalue weighted by Crippen LogP contribution is -2.44. The minimum absolute atomic E-state index is 0.0906. The maximum absolute atomic E-state index is 12.8. The molecule has 0 radical (unpaired) electrons. The third-order valence-electron chi connectivity index (χ3n) is 4.82. The molecule has 0 bridgehead atoms. The van der Waals surface area contributed by atoms with Gasteiger partial charge < -0.3 is 4.90 Å². The maximum Gasteiger partial charge on any atom is 0.272 e. The molecule has 1 saturated heterocycles. The Morgan fingerprint density at radius 1 is 1.27 bits per heavy atom. The van der Waals surface area contributed by atoms with Crippen LogP contribution in [0, 0.1) is 5.92 Å². The second kappa shape index (κ2) is 7.72. The van der Waals surface area contributed by atoms with E-state index < -0.39 is 15.3 Å². The zero-order valence-electron chi connectivity index (χ0n) is 15.2. The van der Waals surface area contributed by atoms with Gasteiger partial charge in [-0.2, -0.15) is 0 Å². The summed E-state index contributed by atoms with van der Waals surface area (Å²) in [5.74, 6) is 0.0360. The molecule has 1 fully saturated rings. The lowest BCUT2D eigenvalue weighted by Gasteiger charge is -2.32. The van der Waals surface area contributed by atoms with Crippen molar-refractivity contribution in [2.75, 3.05) is 19.6 Å². The first kappa shape index (κ1) is 18.8. The zero-order chi connectivity index (χ0) is 18.7. The van der Waals surface area contributed by atoms with Crippen molar-refractivity contribution in [2.45, 2.75) is 31.9 Å². The van der Waals surface area contributed by atoms with Crippen LogP contribution in [0.15, 0.2) is 36.4 Å². The third-order valence-corrected chi connectivity index (χ3v) is 6.63. The van der Waals surface area contributed by atoms with Crippen molar-refractivity contribution in [2.24, 2.45) is 5.92 Å². The summed E-state index contributed by atoms with van der Waals surface area (Å²) < 4.78 is 26.5. The molecule has 7 heteroatoms. The molecule has 1 atom stereocenters. The fraction of sp³-hybridized carbons (Fsp3) is 0.474. The maximum atomic E-state index is 12.8. The van der Waals surface area contributed by atoms with Crippen molar-refractivity contribution >= 4 is 26.8 Å². The lowest BCUT2D eigenvalue weighted by atomic mass is 9.98. The molecule has 0 saturated carbocycles. The van der Waals surface area contributed by atoms with E-state index in [1.807, 2.05) is 30.3 Å². The molecule has 1 aliphatic heterocycles. The molecule has 2 aromatic rings. The minimum Gasteiger partial charge on any atom is -0.337 e. The number of hydrogen-bond acceptors (Lipinski definition) is 4. The molecule has 1 N–H and O–H groups in total. The van der Waals surface area contributed by atoms with E-state index >= 15 is 0 Å². The average Bonchev–Trinajstić information content (AvgIpc) is 2.65. The summed E-state index contributed by atoms with van der Waals surface area (Å²) in [6.07, 6.45) is 1.78. The number of pyridine rings is 1. The summed E-state index contributed by atoms with van der Waals surface area (Å²) in [5.41, 5.74) is 1.24. The summed E-state index contributed by atoms with van der Waals surface area (Å²) in [4.78, 5) is 19.1. The van der Waals surface area contributed by atoms with Crippen molar-refractivity contribution in [1.82, 2.24) is 14.6 Å². The molecule has 6 nitrogen and oxygen atoms in total. The lowest BCUT2D eigenvalue weighted by molar-refractivity contribution is 0.0671. The van der Waals surface area contributed by atoms with Gasteiger partial charge in [-0.1, -0.05) is 24.3 Å². The number of likely N-dealkylation sites (tertiary alicyclic amines) is 1. The molecule has 140 valence electrons. The van der Waals surface area contributed by atoms with Gasteiger partial charge in [0.2, 0.25) is 10.0 Å². The van der Waals surface area contributed by atoms with Crippen molar-refractivity contribution in [3.8, 4) is 0 Å². The van der Waals surface area contributed by atoms with Crippen LogP contribution < -0.4 is 4.72 Å². The molecule has 1 amide bonds. The van der Waals surface area contributed by atoms with Crippen molar-refractivity contribution in [1.29, 1.82) is 0 Å². The van der Waals surface area contributed by atoms with Gasteiger partial charge in [0.05, 0.1) is 10.8 Å². The summed E-state index contributed by atoms with van der Waals surface area (Å²) in [5, 5.41) is 0.550. The van der Waals surface area contributed by atoms with Crippen molar-refractivity contribution < 1.29 is 13.2 Å². The summed E-state index contributed by atoms with van der Waals surface area (Å²) in [6, 6.07) is 11.4. The number of carbonyl (C=O) groups excluding carboxylic acids is 1. The Morgan fingerprint density at radius 3 is 2.81 bits per heavy atom. The summed E-state index contributed by atoms with van der Waals surface area (Å²) >= 11 is 0. The molecular formula is C19H25N3O3S. The number of amides is 1. The van der Waals surface area contributed by atoms with E-state index in [0.717, 1.165) is 23.7 Å². The van der Waals surface area contributed by atoms with Gasteiger partial charge in [-0.05, 0) is 44.7 Å². The first-order chi connectivity index (χ1) is 12.4. The van der Waals surface area contributed by atoms with Gasteiger partial charge in [0, 0.05) is 25.0 Å². The highest BCUT2D eigenvalue weighted by Gasteiger charge is 2.26. The predicted molar refractivity (Wildman–Crippen MR) is 102 cm³/mol. The Bertz CT molecular complexity index is 896. The molecule has 1 aromatic heterocycles. The van der Waals surface area contributed by atoms with Crippen LogP contribution in [0.1, 0.15) is 37.2 Å². The van der Waals surface area contributed by atoms with Crippen LogP contribution >= 0.6 is 0 Å². The largest absolute Gasteiger partial charge is 0.337 e. The number of piperidine rings is 1. The van der Waals surface area contributed by atoms with Crippen molar-refractivity contribution in [3.05, 3.63) is 42.1 Å². The number of nitrogens with one attached hydrogen (secondary N) is 1. The third kappa shape index (κ3) is 4.22. The van der Waals surface area contributed by atoms with Crippen molar-refractivity contribution in [3.63, 3.8) is 0 Å². The van der Waals surface area contributed by atoms with Crippen LogP contribution in [-0.2, 0) is 10.0 Å². The van der Waals surface area contributed by atoms with Crippen LogP contribution in [0.2, 0.25) is 0 Å². The number of nitrogens with zero attached hydrogens (tertiary/aromatic N) is 2. The van der Waals surface area contributed by atoms with Crippen LogP contribution in [0.4, 0.5) is 0 Å². The molecule has 1 unspecified atom stereocenters. The Labute approximate surface area is 154 Å². The number of benzene rings is 1. The van der Waals surface area contributed by atoms with E-state index in [1.54, 1.807) is 24.8 Å². The highest BCUT2D eigenvalue weighted by atomic mass is 32.2. The Hall–Kier alpha value is -1.99. The molecule has 0 spiro atoms. The quantitative estimate of drug-likeness (QED) is 0.870. The van der Waals surface area contributed by atoms with E-state index in [0.29, 0.717) is 25.3 Å². The molecule has 1 aliphatic rings. The van der Waals surface area contributed by atoms with Crippen LogP contribution in [0.25, 0.3) is 10.9 Å². The summed E-state index contributed by atoms with van der Waals surface area (Å²) in [6.45, 7) is 4.92. The number of sulfonamides is 1. The molecule has 2 heterocycles. The van der Waals surface area contributed by atoms with E-state index in [1.165, 1.54) is 0 Å². The van der Waals surface area contributed by atoms with Crippen LogP contribution in [0.5, 0.6) is 0 Å². The number of aromatic nitrogens is 1. The van der Waals surface area contributed by atoms with Gasteiger partial charge in [0.1, 0.15) is 5.69 Å². The second-order valence-electron chi connectivity index (χ2n) is 7.09. The first-order valence-electron chi connectivity index (χ1n) is 9.00. The number of para-hydroxylation sites is 1. The Balaban J connectivity index is 1.67. The number of rotatable bonds is 5. The number of carbonyl (C=O) groups is 1. The average molecular weight is 375 g/mol. The van der Waals surface area contributed by atoms with Crippen LogP contribution in [0.3, 0.4) is 0 Å². The fourth-order valence-corrected chi connectivity index (χ4v) is 3.97. The zero-order valence-corrected chi connectivity index (χ0v) is 16.0. The van der Waals surface area contributed by atoms with Gasteiger partial charge in [-0.25, -0.2) is 18.1 Å². The van der Waals surface area contributed by atoms with Gasteiger partial charge >= 0.3 is 0 Å². The predicted octanol–water partition coefficient (Wildman–Crippen LogP) is 2.41. The highest BCUT2D eigenvalue weighted by Crippen LogP contribution is 2.19. The smallest absolute Gasteiger partial charge is 0.272 e. The number of fused-ring (bicyclic) bond motifs is 1. The number of hydrogen-bond donors (Lipinski definition) is 1.